The average molecular weight is 248 g/mol. The summed E-state index contributed by atoms with van der Waals surface area (Å²) in [6, 6.07) is 4.19. The van der Waals surface area contributed by atoms with Gasteiger partial charge in [-0.05, 0) is 55.6 Å². The van der Waals surface area contributed by atoms with Gasteiger partial charge in [-0.25, -0.2) is 0 Å². The van der Waals surface area contributed by atoms with Crippen molar-refractivity contribution < 1.29 is 9.47 Å². The highest BCUT2D eigenvalue weighted by atomic mass is 16.6. The number of aryl methyl sites for hydroxylation is 1. The van der Waals surface area contributed by atoms with Gasteiger partial charge in [0.05, 0.1) is 0 Å². The molecule has 2 aliphatic rings. The van der Waals surface area contributed by atoms with Crippen molar-refractivity contribution >= 4 is 0 Å². The van der Waals surface area contributed by atoms with E-state index in [1.54, 1.807) is 0 Å². The lowest BCUT2D eigenvalue weighted by Crippen LogP contribution is -2.25. The Kier molecular flexibility index (Phi) is 3.14. The Balaban J connectivity index is 1.90. The fraction of sp³-hybridized carbons (Fsp3) is 0.571. The minimum atomic E-state index is 0.0795. The van der Waals surface area contributed by atoms with Crippen LogP contribution < -0.4 is 20.5 Å². The first-order valence-electron chi connectivity index (χ1n) is 6.62. The smallest absolute Gasteiger partial charge is 0.161 e. The van der Waals surface area contributed by atoms with Crippen molar-refractivity contribution in [1.29, 1.82) is 0 Å². The quantitative estimate of drug-likeness (QED) is 0.830. The standard InChI is InChI=1S/C14H20N2O2/c1-9-6-12-13(18-5-4-17-12)7-11(9)14(15)10-2-3-16-8-10/h6-7,10,14,16H,2-5,8,15H2,1H3. The van der Waals surface area contributed by atoms with E-state index in [9.17, 15) is 0 Å². The van der Waals surface area contributed by atoms with Crippen molar-refractivity contribution in [2.45, 2.75) is 19.4 Å². The van der Waals surface area contributed by atoms with Crippen LogP contribution in [-0.4, -0.2) is 26.3 Å². The molecule has 0 radical (unpaired) electrons. The number of nitrogens with one attached hydrogen (secondary N) is 1. The van der Waals surface area contributed by atoms with Gasteiger partial charge in [0, 0.05) is 6.04 Å². The highest BCUT2D eigenvalue weighted by Crippen LogP contribution is 2.37. The molecule has 2 aliphatic heterocycles. The Labute approximate surface area is 107 Å². The second-order valence-electron chi connectivity index (χ2n) is 5.13. The van der Waals surface area contributed by atoms with Gasteiger partial charge < -0.3 is 20.5 Å². The lowest BCUT2D eigenvalue weighted by atomic mass is 9.90. The van der Waals surface area contributed by atoms with Crippen LogP contribution in [0, 0.1) is 12.8 Å². The first-order chi connectivity index (χ1) is 8.75. The molecular formula is C14H20N2O2. The number of ether oxygens (including phenoxy) is 2. The monoisotopic (exact) mass is 248 g/mol. The van der Waals surface area contributed by atoms with Crippen LogP contribution in [0.5, 0.6) is 11.5 Å². The predicted octanol–water partition coefficient (Wildman–Crippen LogP) is 1.38. The second kappa shape index (κ2) is 4.78. The molecule has 3 N–H and O–H groups in total. The van der Waals surface area contributed by atoms with Crippen molar-refractivity contribution in [2.75, 3.05) is 26.3 Å². The van der Waals surface area contributed by atoms with E-state index >= 15 is 0 Å². The molecule has 2 heterocycles. The summed E-state index contributed by atoms with van der Waals surface area (Å²) < 4.78 is 11.2. The summed E-state index contributed by atoms with van der Waals surface area (Å²) in [6.07, 6.45) is 1.15. The number of hydrogen-bond donors (Lipinski definition) is 2. The van der Waals surface area contributed by atoms with Crippen molar-refractivity contribution in [3.63, 3.8) is 0 Å². The Morgan fingerprint density at radius 1 is 1.28 bits per heavy atom. The van der Waals surface area contributed by atoms with E-state index in [2.05, 4.69) is 18.3 Å². The number of fused-ring (bicyclic) bond motifs is 1. The molecule has 0 bridgehead atoms. The van der Waals surface area contributed by atoms with Gasteiger partial charge in [0.25, 0.3) is 0 Å². The molecule has 2 atom stereocenters. The number of benzene rings is 1. The van der Waals surface area contributed by atoms with Gasteiger partial charge in [-0.2, -0.15) is 0 Å². The molecule has 0 aliphatic carbocycles. The molecule has 4 heteroatoms. The number of nitrogens with two attached hydrogens (primary N) is 1. The average Bonchev–Trinajstić information content (AvgIpc) is 2.91. The van der Waals surface area contributed by atoms with E-state index < -0.39 is 0 Å². The largest absolute Gasteiger partial charge is 0.486 e. The molecule has 1 fully saturated rings. The summed E-state index contributed by atoms with van der Waals surface area (Å²) in [5, 5.41) is 3.37. The Bertz CT molecular complexity index is 442. The molecule has 1 saturated heterocycles. The minimum Gasteiger partial charge on any atom is -0.486 e. The molecule has 4 nitrogen and oxygen atoms in total. The predicted molar refractivity (Wildman–Crippen MR) is 70.1 cm³/mol. The van der Waals surface area contributed by atoms with Crippen molar-refractivity contribution in [1.82, 2.24) is 5.32 Å². The highest BCUT2D eigenvalue weighted by Gasteiger charge is 2.26. The molecule has 0 saturated carbocycles. The molecule has 0 amide bonds. The zero-order chi connectivity index (χ0) is 12.5. The van der Waals surface area contributed by atoms with Crippen LogP contribution in [0.15, 0.2) is 12.1 Å². The molecule has 1 aromatic carbocycles. The fourth-order valence-electron chi connectivity index (χ4n) is 2.80. The molecule has 3 rings (SSSR count). The summed E-state index contributed by atoms with van der Waals surface area (Å²) >= 11 is 0. The van der Waals surface area contributed by atoms with Crippen LogP contribution in [0.3, 0.4) is 0 Å². The molecule has 2 unspecified atom stereocenters. The van der Waals surface area contributed by atoms with E-state index in [0.717, 1.165) is 31.0 Å². The minimum absolute atomic E-state index is 0.0795. The van der Waals surface area contributed by atoms with E-state index in [0.29, 0.717) is 19.1 Å². The maximum atomic E-state index is 6.40. The number of rotatable bonds is 2. The fourth-order valence-corrected chi connectivity index (χ4v) is 2.80. The van der Waals surface area contributed by atoms with Crippen LogP contribution >= 0.6 is 0 Å². The van der Waals surface area contributed by atoms with Crippen LogP contribution in [-0.2, 0) is 0 Å². The van der Waals surface area contributed by atoms with Crippen molar-refractivity contribution in [3.8, 4) is 11.5 Å². The van der Waals surface area contributed by atoms with Crippen molar-refractivity contribution in [3.05, 3.63) is 23.3 Å². The van der Waals surface area contributed by atoms with Crippen LogP contribution in [0.2, 0.25) is 0 Å². The van der Waals surface area contributed by atoms with E-state index in [4.69, 9.17) is 15.2 Å². The maximum absolute atomic E-state index is 6.40. The summed E-state index contributed by atoms with van der Waals surface area (Å²) in [5.41, 5.74) is 8.78. The van der Waals surface area contributed by atoms with Gasteiger partial charge in [-0.3, -0.25) is 0 Å². The zero-order valence-electron chi connectivity index (χ0n) is 10.7. The second-order valence-corrected chi connectivity index (χ2v) is 5.13. The maximum Gasteiger partial charge on any atom is 0.161 e. The lowest BCUT2D eigenvalue weighted by Gasteiger charge is -2.24. The highest BCUT2D eigenvalue weighted by molar-refractivity contribution is 5.48. The van der Waals surface area contributed by atoms with Crippen LogP contribution in [0.1, 0.15) is 23.6 Å². The first kappa shape index (κ1) is 11.8. The molecule has 98 valence electrons. The molecule has 1 aromatic rings. The summed E-state index contributed by atoms with van der Waals surface area (Å²) in [5.74, 6) is 2.20. The third kappa shape index (κ3) is 2.06. The lowest BCUT2D eigenvalue weighted by molar-refractivity contribution is 0.171. The first-order valence-corrected chi connectivity index (χ1v) is 6.62. The Hall–Kier alpha value is -1.26. The van der Waals surface area contributed by atoms with Gasteiger partial charge in [0.15, 0.2) is 11.5 Å². The molecule has 0 spiro atoms. The Morgan fingerprint density at radius 2 is 2.00 bits per heavy atom. The number of hydrogen-bond acceptors (Lipinski definition) is 4. The molecule has 18 heavy (non-hydrogen) atoms. The van der Waals surface area contributed by atoms with E-state index in [1.165, 1.54) is 11.1 Å². The van der Waals surface area contributed by atoms with Crippen LogP contribution in [0.4, 0.5) is 0 Å². The third-order valence-corrected chi connectivity index (χ3v) is 3.90. The SMILES string of the molecule is Cc1cc2c(cc1C(N)C1CCNC1)OCCO2. The summed E-state index contributed by atoms with van der Waals surface area (Å²) in [7, 11) is 0. The molecule has 0 aromatic heterocycles. The van der Waals surface area contributed by atoms with Gasteiger partial charge >= 0.3 is 0 Å². The summed E-state index contributed by atoms with van der Waals surface area (Å²) in [4.78, 5) is 0. The van der Waals surface area contributed by atoms with Gasteiger partial charge in [0.1, 0.15) is 13.2 Å². The van der Waals surface area contributed by atoms with E-state index in [1.807, 2.05) is 6.07 Å². The van der Waals surface area contributed by atoms with Gasteiger partial charge in [-0.1, -0.05) is 0 Å². The topological polar surface area (TPSA) is 56.5 Å². The van der Waals surface area contributed by atoms with Gasteiger partial charge in [-0.15, -0.1) is 0 Å². The summed E-state index contributed by atoms with van der Waals surface area (Å²) in [6.45, 7) is 5.42. The van der Waals surface area contributed by atoms with Crippen molar-refractivity contribution in [2.24, 2.45) is 11.7 Å². The van der Waals surface area contributed by atoms with Crippen LogP contribution in [0.25, 0.3) is 0 Å². The Morgan fingerprint density at radius 3 is 2.67 bits per heavy atom. The molecular weight excluding hydrogens is 228 g/mol. The zero-order valence-corrected chi connectivity index (χ0v) is 10.7. The van der Waals surface area contributed by atoms with Gasteiger partial charge in [0.2, 0.25) is 0 Å². The van der Waals surface area contributed by atoms with E-state index in [-0.39, 0.29) is 6.04 Å². The third-order valence-electron chi connectivity index (χ3n) is 3.90. The normalized spacial score (nSPS) is 24.0.